The fourth-order valence-corrected chi connectivity index (χ4v) is 2.54. The van der Waals surface area contributed by atoms with Gasteiger partial charge in [-0.2, -0.15) is 0 Å². The maximum Gasteiger partial charge on any atom is 0.171 e. The van der Waals surface area contributed by atoms with Crippen LogP contribution in [0.5, 0.6) is 0 Å². The Labute approximate surface area is 82.5 Å². The number of fused-ring (bicyclic) bond motifs is 2. The number of rotatable bonds is 0. The fraction of sp³-hybridized carbons (Fsp3) is 0.455. The molecule has 1 aromatic heterocycles. The number of aromatic nitrogens is 1. The number of hydrogen-bond acceptors (Lipinski definition) is 3. The minimum absolute atomic E-state index is 0.201. The number of nitrogens with zero attached hydrogens (tertiary/aromatic N) is 1. The number of Topliss-reactive ketones (excluding diaryl/α,β-unsaturated/α-hetero) is 1. The molecule has 0 amide bonds. The van der Waals surface area contributed by atoms with Gasteiger partial charge in [0.05, 0.1) is 5.56 Å². The van der Waals surface area contributed by atoms with E-state index >= 15 is 0 Å². The van der Waals surface area contributed by atoms with Gasteiger partial charge in [0, 0.05) is 18.2 Å². The Morgan fingerprint density at radius 3 is 3.29 bits per heavy atom. The lowest BCUT2D eigenvalue weighted by atomic mass is 9.90. The average molecular weight is 188 g/mol. The summed E-state index contributed by atoms with van der Waals surface area (Å²) in [6.07, 6.45) is 5.02. The molecule has 0 radical (unpaired) electrons. The van der Waals surface area contributed by atoms with Crippen LogP contribution >= 0.6 is 0 Å². The summed E-state index contributed by atoms with van der Waals surface area (Å²) in [6, 6.07) is 4.03. The molecule has 2 heterocycles. The molecular weight excluding hydrogens is 176 g/mol. The van der Waals surface area contributed by atoms with Gasteiger partial charge < -0.3 is 5.32 Å². The minimum Gasteiger partial charge on any atom is -0.366 e. The van der Waals surface area contributed by atoms with Crippen LogP contribution in [-0.2, 0) is 0 Å². The number of carbonyl (C=O) groups excluding carboxylic acids is 1. The molecule has 3 nitrogen and oxygen atoms in total. The fourth-order valence-electron chi connectivity index (χ4n) is 2.54. The summed E-state index contributed by atoms with van der Waals surface area (Å²) < 4.78 is 0. The normalized spacial score (nSPS) is 29.3. The van der Waals surface area contributed by atoms with Crippen molar-refractivity contribution in [1.29, 1.82) is 0 Å². The molecule has 1 aliphatic carbocycles. The maximum absolute atomic E-state index is 12.0. The molecule has 1 aromatic rings. The average Bonchev–Trinajstić information content (AvgIpc) is 2.66. The molecule has 1 N–H and O–H groups in total. The smallest absolute Gasteiger partial charge is 0.171 e. The maximum atomic E-state index is 12.0. The van der Waals surface area contributed by atoms with E-state index in [0.717, 1.165) is 30.6 Å². The van der Waals surface area contributed by atoms with Crippen LogP contribution in [0.3, 0.4) is 0 Å². The van der Waals surface area contributed by atoms with Gasteiger partial charge in [-0.1, -0.05) is 6.42 Å². The number of carbonyl (C=O) groups is 1. The van der Waals surface area contributed by atoms with Gasteiger partial charge in [0.25, 0.3) is 0 Å². The van der Waals surface area contributed by atoms with Crippen molar-refractivity contribution in [2.75, 3.05) is 5.32 Å². The highest BCUT2D eigenvalue weighted by molar-refractivity contribution is 6.04. The van der Waals surface area contributed by atoms with Crippen molar-refractivity contribution in [3.63, 3.8) is 0 Å². The molecular formula is C11H12N2O. The van der Waals surface area contributed by atoms with Gasteiger partial charge >= 0.3 is 0 Å². The monoisotopic (exact) mass is 188 g/mol. The molecule has 2 atom stereocenters. The highest BCUT2D eigenvalue weighted by atomic mass is 16.1. The Balaban J connectivity index is 2.08. The van der Waals surface area contributed by atoms with E-state index in [2.05, 4.69) is 10.3 Å². The lowest BCUT2D eigenvalue weighted by Crippen LogP contribution is -2.35. The van der Waals surface area contributed by atoms with Crippen LogP contribution < -0.4 is 5.32 Å². The summed E-state index contributed by atoms with van der Waals surface area (Å²) in [4.78, 5) is 16.2. The molecule has 2 unspecified atom stereocenters. The van der Waals surface area contributed by atoms with Crippen molar-refractivity contribution in [2.45, 2.75) is 25.3 Å². The van der Waals surface area contributed by atoms with Crippen LogP contribution in [0.15, 0.2) is 18.3 Å². The zero-order valence-electron chi connectivity index (χ0n) is 7.86. The summed E-state index contributed by atoms with van der Waals surface area (Å²) >= 11 is 0. The van der Waals surface area contributed by atoms with E-state index < -0.39 is 0 Å². The predicted octanol–water partition coefficient (Wildman–Crippen LogP) is 1.86. The van der Waals surface area contributed by atoms with Crippen molar-refractivity contribution in [2.24, 2.45) is 5.92 Å². The first-order valence-corrected chi connectivity index (χ1v) is 5.12. The summed E-state index contributed by atoms with van der Waals surface area (Å²) in [7, 11) is 0. The molecule has 0 aromatic carbocycles. The molecule has 14 heavy (non-hydrogen) atoms. The van der Waals surface area contributed by atoms with Crippen molar-refractivity contribution < 1.29 is 4.79 Å². The molecule has 3 heteroatoms. The van der Waals surface area contributed by atoms with E-state index in [1.807, 2.05) is 12.1 Å². The number of anilines is 1. The van der Waals surface area contributed by atoms with Gasteiger partial charge in [-0.05, 0) is 25.0 Å². The summed E-state index contributed by atoms with van der Waals surface area (Å²) in [5.74, 6) is 1.27. The molecule has 1 aliphatic heterocycles. The third kappa shape index (κ3) is 0.983. The zero-order chi connectivity index (χ0) is 9.54. The van der Waals surface area contributed by atoms with Crippen LogP contribution in [-0.4, -0.2) is 16.8 Å². The first-order valence-electron chi connectivity index (χ1n) is 5.12. The predicted molar refractivity (Wildman–Crippen MR) is 53.3 cm³/mol. The molecule has 0 spiro atoms. The zero-order valence-corrected chi connectivity index (χ0v) is 7.86. The van der Waals surface area contributed by atoms with Gasteiger partial charge in [-0.25, -0.2) is 4.98 Å². The van der Waals surface area contributed by atoms with Crippen LogP contribution in [0.2, 0.25) is 0 Å². The number of nitrogens with one attached hydrogen (secondary N) is 1. The largest absolute Gasteiger partial charge is 0.366 e. The number of ketones is 1. The molecule has 2 aliphatic rings. The Bertz CT molecular complexity index is 389. The van der Waals surface area contributed by atoms with Crippen molar-refractivity contribution in [1.82, 2.24) is 4.98 Å². The standard InChI is InChI=1S/C11H12N2O/c14-10-7-3-1-5-9(7)13-11-8(10)4-2-6-12-11/h2,4,6-7,9H,1,3,5H2,(H,12,13). The van der Waals surface area contributed by atoms with Crippen LogP contribution in [0.1, 0.15) is 29.6 Å². The summed E-state index contributed by atoms with van der Waals surface area (Å²) in [5, 5.41) is 3.36. The lowest BCUT2D eigenvalue weighted by Gasteiger charge is -2.27. The molecule has 3 rings (SSSR count). The first kappa shape index (κ1) is 7.97. The van der Waals surface area contributed by atoms with Gasteiger partial charge in [0.1, 0.15) is 5.82 Å². The van der Waals surface area contributed by atoms with Crippen molar-refractivity contribution in [3.05, 3.63) is 23.9 Å². The van der Waals surface area contributed by atoms with Crippen LogP contribution in [0.25, 0.3) is 0 Å². The molecule has 0 bridgehead atoms. The second-order valence-electron chi connectivity index (χ2n) is 4.05. The first-order chi connectivity index (χ1) is 6.86. The highest BCUT2D eigenvalue weighted by Crippen LogP contribution is 2.36. The quantitative estimate of drug-likeness (QED) is 0.675. The third-order valence-electron chi connectivity index (χ3n) is 3.25. The molecule has 1 saturated carbocycles. The van der Waals surface area contributed by atoms with Gasteiger partial charge in [-0.3, -0.25) is 4.79 Å². The van der Waals surface area contributed by atoms with Gasteiger partial charge in [0.15, 0.2) is 5.78 Å². The summed E-state index contributed by atoms with van der Waals surface area (Å²) in [5.41, 5.74) is 0.774. The van der Waals surface area contributed by atoms with E-state index in [-0.39, 0.29) is 11.7 Å². The van der Waals surface area contributed by atoms with E-state index in [4.69, 9.17) is 0 Å². The van der Waals surface area contributed by atoms with E-state index in [9.17, 15) is 4.79 Å². The highest BCUT2D eigenvalue weighted by Gasteiger charge is 2.38. The Hall–Kier alpha value is -1.38. The van der Waals surface area contributed by atoms with Gasteiger partial charge in [0.2, 0.25) is 0 Å². The second kappa shape index (κ2) is 2.80. The number of hydrogen-bond donors (Lipinski definition) is 1. The van der Waals surface area contributed by atoms with E-state index in [1.165, 1.54) is 0 Å². The minimum atomic E-state index is 0.201. The van der Waals surface area contributed by atoms with Crippen molar-refractivity contribution in [3.8, 4) is 0 Å². The second-order valence-corrected chi connectivity index (χ2v) is 4.05. The molecule has 1 fully saturated rings. The Morgan fingerprint density at radius 2 is 2.36 bits per heavy atom. The third-order valence-corrected chi connectivity index (χ3v) is 3.25. The van der Waals surface area contributed by atoms with Crippen LogP contribution in [0.4, 0.5) is 5.82 Å². The van der Waals surface area contributed by atoms with Gasteiger partial charge in [-0.15, -0.1) is 0 Å². The molecule has 72 valence electrons. The Morgan fingerprint density at radius 1 is 1.43 bits per heavy atom. The topological polar surface area (TPSA) is 42.0 Å². The van der Waals surface area contributed by atoms with E-state index in [1.54, 1.807) is 6.20 Å². The van der Waals surface area contributed by atoms with E-state index in [0.29, 0.717) is 6.04 Å². The molecule has 0 saturated heterocycles. The SMILES string of the molecule is O=C1c2cccnc2NC2CCCC12. The summed E-state index contributed by atoms with van der Waals surface area (Å²) in [6.45, 7) is 0. The van der Waals surface area contributed by atoms with Crippen LogP contribution in [0, 0.1) is 5.92 Å². The number of pyridine rings is 1. The lowest BCUT2D eigenvalue weighted by molar-refractivity contribution is 0.0910. The Kier molecular flexibility index (Phi) is 1.60. The van der Waals surface area contributed by atoms with Crippen molar-refractivity contribution >= 4 is 11.6 Å².